The van der Waals surface area contributed by atoms with Crippen LogP contribution in [0.3, 0.4) is 0 Å². The van der Waals surface area contributed by atoms with E-state index in [4.69, 9.17) is 0 Å². The summed E-state index contributed by atoms with van der Waals surface area (Å²) in [5.74, 6) is -0.101. The molecule has 98 valence electrons. The summed E-state index contributed by atoms with van der Waals surface area (Å²) in [5.41, 5.74) is 0.566. The molecule has 0 aliphatic carbocycles. The van der Waals surface area contributed by atoms with E-state index in [9.17, 15) is 14.9 Å². The number of amides is 1. The molecule has 0 bridgehead atoms. The molecular weight excluding hydrogens is 234 g/mol. The molecular formula is C12H17N3O3. The largest absolute Gasteiger partial charge is 0.340 e. The summed E-state index contributed by atoms with van der Waals surface area (Å²) in [6.07, 6.45) is 0. The fourth-order valence-corrected chi connectivity index (χ4v) is 1.61. The van der Waals surface area contributed by atoms with Crippen LogP contribution in [0.2, 0.25) is 0 Å². The van der Waals surface area contributed by atoms with Crippen molar-refractivity contribution in [1.29, 1.82) is 0 Å². The van der Waals surface area contributed by atoms with E-state index in [1.54, 1.807) is 39.2 Å². The monoisotopic (exact) mass is 251 g/mol. The first-order valence-corrected chi connectivity index (χ1v) is 5.62. The van der Waals surface area contributed by atoms with Crippen molar-refractivity contribution in [1.82, 2.24) is 10.2 Å². The predicted molar refractivity (Wildman–Crippen MR) is 68.1 cm³/mol. The molecule has 0 radical (unpaired) electrons. The third kappa shape index (κ3) is 3.27. The van der Waals surface area contributed by atoms with Crippen LogP contribution in [0.1, 0.15) is 12.5 Å². The number of carbonyl (C=O) groups excluding carboxylic acids is 1. The molecule has 0 spiro atoms. The van der Waals surface area contributed by atoms with Gasteiger partial charge >= 0.3 is 0 Å². The molecule has 1 aromatic rings. The van der Waals surface area contributed by atoms with Gasteiger partial charge in [0.2, 0.25) is 5.91 Å². The van der Waals surface area contributed by atoms with E-state index < -0.39 is 4.92 Å². The lowest BCUT2D eigenvalue weighted by Gasteiger charge is -2.21. The molecule has 0 aromatic heterocycles. The van der Waals surface area contributed by atoms with Gasteiger partial charge in [0.05, 0.1) is 17.5 Å². The van der Waals surface area contributed by atoms with Crippen LogP contribution >= 0.6 is 0 Å². The number of nitro groups is 1. The SMILES string of the molecule is CNC(C)C(=O)N(C)Cc1ccccc1[N+](=O)[O-]. The van der Waals surface area contributed by atoms with Gasteiger partial charge in [-0.15, -0.1) is 0 Å². The molecule has 0 saturated carbocycles. The maximum absolute atomic E-state index is 11.9. The van der Waals surface area contributed by atoms with Crippen molar-refractivity contribution >= 4 is 11.6 Å². The zero-order chi connectivity index (χ0) is 13.7. The van der Waals surface area contributed by atoms with Crippen LogP contribution in [0, 0.1) is 10.1 Å². The van der Waals surface area contributed by atoms with Crippen molar-refractivity contribution in [3.63, 3.8) is 0 Å². The number of nitro benzene ring substituents is 1. The summed E-state index contributed by atoms with van der Waals surface area (Å²) in [4.78, 5) is 23.7. The Morgan fingerprint density at radius 1 is 1.50 bits per heavy atom. The van der Waals surface area contributed by atoms with Crippen LogP contribution in [-0.2, 0) is 11.3 Å². The van der Waals surface area contributed by atoms with E-state index in [0.29, 0.717) is 5.56 Å². The van der Waals surface area contributed by atoms with Gasteiger partial charge in [0.25, 0.3) is 5.69 Å². The van der Waals surface area contributed by atoms with Gasteiger partial charge in [0.15, 0.2) is 0 Å². The number of nitrogens with zero attached hydrogens (tertiary/aromatic N) is 2. The molecule has 0 aliphatic rings. The number of para-hydroxylation sites is 1. The fourth-order valence-electron chi connectivity index (χ4n) is 1.61. The number of nitrogens with one attached hydrogen (secondary N) is 1. The van der Waals surface area contributed by atoms with Crippen LogP contribution in [0.4, 0.5) is 5.69 Å². The Hall–Kier alpha value is -1.95. The Labute approximate surface area is 106 Å². The topological polar surface area (TPSA) is 75.5 Å². The van der Waals surface area contributed by atoms with E-state index in [-0.39, 0.29) is 24.2 Å². The van der Waals surface area contributed by atoms with Crippen molar-refractivity contribution in [2.24, 2.45) is 0 Å². The van der Waals surface area contributed by atoms with Crippen LogP contribution in [0.25, 0.3) is 0 Å². The Balaban J connectivity index is 2.85. The Kier molecular flexibility index (Phi) is 4.79. The highest BCUT2D eigenvalue weighted by atomic mass is 16.6. The van der Waals surface area contributed by atoms with Crippen LogP contribution < -0.4 is 5.32 Å². The first kappa shape index (κ1) is 14.1. The van der Waals surface area contributed by atoms with E-state index in [1.807, 2.05) is 0 Å². The van der Waals surface area contributed by atoms with Gasteiger partial charge in [0.1, 0.15) is 0 Å². The summed E-state index contributed by atoms with van der Waals surface area (Å²) in [5, 5.41) is 13.7. The second kappa shape index (κ2) is 6.11. The summed E-state index contributed by atoms with van der Waals surface area (Å²) in [6.45, 7) is 1.97. The third-order valence-electron chi connectivity index (χ3n) is 2.78. The molecule has 1 N–H and O–H groups in total. The minimum atomic E-state index is -0.435. The first-order valence-electron chi connectivity index (χ1n) is 5.62. The molecule has 1 atom stereocenters. The maximum atomic E-state index is 11.9. The molecule has 1 unspecified atom stereocenters. The van der Waals surface area contributed by atoms with Crippen LogP contribution in [0.15, 0.2) is 24.3 Å². The molecule has 1 aromatic carbocycles. The summed E-state index contributed by atoms with van der Waals surface area (Å²) in [7, 11) is 3.33. The smallest absolute Gasteiger partial charge is 0.274 e. The zero-order valence-electron chi connectivity index (χ0n) is 10.7. The number of hydrogen-bond acceptors (Lipinski definition) is 4. The molecule has 0 saturated heterocycles. The van der Waals surface area contributed by atoms with Crippen LogP contribution in [-0.4, -0.2) is 35.9 Å². The molecule has 0 fully saturated rings. The van der Waals surface area contributed by atoms with Crippen molar-refractivity contribution < 1.29 is 9.72 Å². The van der Waals surface area contributed by atoms with E-state index >= 15 is 0 Å². The summed E-state index contributed by atoms with van der Waals surface area (Å²) >= 11 is 0. The van der Waals surface area contributed by atoms with Crippen molar-refractivity contribution in [3.05, 3.63) is 39.9 Å². The van der Waals surface area contributed by atoms with Gasteiger partial charge in [0, 0.05) is 18.7 Å². The molecule has 6 nitrogen and oxygen atoms in total. The maximum Gasteiger partial charge on any atom is 0.274 e. The predicted octanol–water partition coefficient (Wildman–Crippen LogP) is 1.16. The van der Waals surface area contributed by atoms with Gasteiger partial charge < -0.3 is 10.2 Å². The number of hydrogen-bond donors (Lipinski definition) is 1. The number of carbonyl (C=O) groups is 1. The Bertz CT molecular complexity index is 448. The number of benzene rings is 1. The van der Waals surface area contributed by atoms with Crippen molar-refractivity contribution in [3.8, 4) is 0 Å². The van der Waals surface area contributed by atoms with E-state index in [0.717, 1.165) is 0 Å². The summed E-state index contributed by atoms with van der Waals surface area (Å²) < 4.78 is 0. The molecule has 0 aliphatic heterocycles. The van der Waals surface area contributed by atoms with Gasteiger partial charge in [-0.05, 0) is 14.0 Å². The second-order valence-corrected chi connectivity index (χ2v) is 4.09. The van der Waals surface area contributed by atoms with Gasteiger partial charge in [-0.3, -0.25) is 14.9 Å². The average molecular weight is 251 g/mol. The Morgan fingerprint density at radius 3 is 2.67 bits per heavy atom. The van der Waals surface area contributed by atoms with Gasteiger partial charge in [-0.2, -0.15) is 0 Å². The minimum Gasteiger partial charge on any atom is -0.340 e. The standard InChI is InChI=1S/C12H17N3O3/c1-9(13-2)12(16)14(3)8-10-6-4-5-7-11(10)15(17)18/h4-7,9,13H,8H2,1-3H3. The highest BCUT2D eigenvalue weighted by Gasteiger charge is 2.19. The third-order valence-corrected chi connectivity index (χ3v) is 2.78. The highest BCUT2D eigenvalue weighted by Crippen LogP contribution is 2.19. The van der Waals surface area contributed by atoms with Crippen LogP contribution in [0.5, 0.6) is 0 Å². The normalized spacial score (nSPS) is 11.9. The Morgan fingerprint density at radius 2 is 2.11 bits per heavy atom. The summed E-state index contributed by atoms with van der Waals surface area (Å²) in [6, 6.07) is 6.13. The molecule has 6 heteroatoms. The number of likely N-dealkylation sites (N-methyl/N-ethyl adjacent to an activating group) is 2. The quantitative estimate of drug-likeness (QED) is 0.629. The lowest BCUT2D eigenvalue weighted by atomic mass is 10.1. The first-order chi connectivity index (χ1) is 8.47. The molecule has 18 heavy (non-hydrogen) atoms. The van der Waals surface area contributed by atoms with Gasteiger partial charge in [-0.1, -0.05) is 18.2 Å². The van der Waals surface area contributed by atoms with E-state index in [1.165, 1.54) is 11.0 Å². The number of rotatable bonds is 5. The zero-order valence-corrected chi connectivity index (χ0v) is 10.7. The van der Waals surface area contributed by atoms with Crippen molar-refractivity contribution in [2.45, 2.75) is 19.5 Å². The molecule has 1 rings (SSSR count). The minimum absolute atomic E-state index is 0.0364. The van der Waals surface area contributed by atoms with E-state index in [2.05, 4.69) is 5.32 Å². The lowest BCUT2D eigenvalue weighted by molar-refractivity contribution is -0.385. The average Bonchev–Trinajstić information content (AvgIpc) is 2.37. The molecule has 1 amide bonds. The highest BCUT2D eigenvalue weighted by molar-refractivity contribution is 5.81. The second-order valence-electron chi connectivity index (χ2n) is 4.09. The van der Waals surface area contributed by atoms with Crippen molar-refractivity contribution in [2.75, 3.05) is 14.1 Å². The fraction of sp³-hybridized carbons (Fsp3) is 0.417. The molecule has 0 heterocycles. The lowest BCUT2D eigenvalue weighted by Crippen LogP contribution is -2.41. The van der Waals surface area contributed by atoms with Gasteiger partial charge in [-0.25, -0.2) is 0 Å².